The molecule has 0 atom stereocenters. The van der Waals surface area contributed by atoms with Gasteiger partial charge in [-0.15, -0.1) is 0 Å². The van der Waals surface area contributed by atoms with Gasteiger partial charge >= 0.3 is 0 Å². The first-order valence-corrected chi connectivity index (χ1v) is 6.70. The summed E-state index contributed by atoms with van der Waals surface area (Å²) in [6.07, 6.45) is 1.38. The molecule has 0 N–H and O–H groups in total. The lowest BCUT2D eigenvalue weighted by Crippen LogP contribution is -1.90. The van der Waals surface area contributed by atoms with Crippen LogP contribution in [0.15, 0.2) is 33.6 Å². The molecule has 0 saturated carbocycles. The van der Waals surface area contributed by atoms with Gasteiger partial charge in [0, 0.05) is 16.6 Å². The van der Waals surface area contributed by atoms with Crippen LogP contribution >= 0.6 is 55.1 Å². The molecule has 3 nitrogen and oxygen atoms in total. The van der Waals surface area contributed by atoms with Gasteiger partial charge in [-0.05, 0) is 37.9 Å². The molecule has 0 amide bonds. The number of halogens is 4. The van der Waals surface area contributed by atoms with Crippen LogP contribution in [0.3, 0.4) is 0 Å². The van der Waals surface area contributed by atoms with Crippen LogP contribution in [0.1, 0.15) is 0 Å². The highest BCUT2D eigenvalue weighted by molar-refractivity contribution is 9.10. The number of hydrogen-bond donors (Lipinski definition) is 0. The predicted molar refractivity (Wildman–Crippen MR) is 74.0 cm³/mol. The Hall–Kier alpha value is -0.360. The van der Waals surface area contributed by atoms with Crippen molar-refractivity contribution in [3.05, 3.63) is 43.6 Å². The molecule has 0 unspecified atom stereocenters. The van der Waals surface area contributed by atoms with Crippen LogP contribution in [-0.4, -0.2) is 9.97 Å². The van der Waals surface area contributed by atoms with E-state index in [2.05, 4.69) is 41.8 Å². The Kier molecular flexibility index (Phi) is 4.25. The molecule has 7 heteroatoms. The van der Waals surface area contributed by atoms with Crippen molar-refractivity contribution >= 4 is 55.1 Å². The Balaban J connectivity index is 2.33. The van der Waals surface area contributed by atoms with E-state index < -0.39 is 0 Å². The number of nitrogens with zero attached hydrogens (tertiary/aromatic N) is 2. The molecule has 0 fully saturated rings. The van der Waals surface area contributed by atoms with Crippen LogP contribution in [0.2, 0.25) is 10.0 Å². The van der Waals surface area contributed by atoms with Gasteiger partial charge in [0.2, 0.25) is 5.88 Å². The van der Waals surface area contributed by atoms with Gasteiger partial charge in [0.1, 0.15) is 16.7 Å². The average molecular weight is 399 g/mol. The van der Waals surface area contributed by atoms with E-state index in [1.165, 1.54) is 6.33 Å². The van der Waals surface area contributed by atoms with E-state index in [1.807, 2.05) is 0 Å². The third-order valence-corrected chi connectivity index (χ3v) is 3.72. The molecular weight excluding hydrogens is 395 g/mol. The quantitative estimate of drug-likeness (QED) is 0.521. The highest BCUT2D eigenvalue weighted by Gasteiger charge is 2.08. The van der Waals surface area contributed by atoms with Gasteiger partial charge in [-0.3, -0.25) is 0 Å². The molecule has 1 heterocycles. The van der Waals surface area contributed by atoms with E-state index in [-0.39, 0.29) is 0 Å². The first-order chi connectivity index (χ1) is 8.06. The van der Waals surface area contributed by atoms with Gasteiger partial charge < -0.3 is 4.74 Å². The number of aromatic nitrogens is 2. The first kappa shape index (κ1) is 13.1. The lowest BCUT2D eigenvalue weighted by molar-refractivity contribution is 0.461. The molecule has 0 saturated heterocycles. The second-order valence-electron chi connectivity index (χ2n) is 2.98. The zero-order chi connectivity index (χ0) is 12.4. The maximum absolute atomic E-state index is 6.02. The molecule has 1 aromatic carbocycles. The van der Waals surface area contributed by atoms with Crippen LogP contribution in [0.4, 0.5) is 0 Å². The monoisotopic (exact) mass is 396 g/mol. The molecular formula is C10H4Br2Cl2N2O. The maximum Gasteiger partial charge on any atom is 0.223 e. The molecule has 88 valence electrons. The van der Waals surface area contributed by atoms with Crippen LogP contribution in [-0.2, 0) is 0 Å². The first-order valence-electron chi connectivity index (χ1n) is 4.36. The second kappa shape index (κ2) is 5.52. The van der Waals surface area contributed by atoms with Crippen LogP contribution in [0.5, 0.6) is 11.6 Å². The summed E-state index contributed by atoms with van der Waals surface area (Å²) in [5, 5.41) is 0.952. The van der Waals surface area contributed by atoms with Crippen LogP contribution < -0.4 is 4.74 Å². The molecule has 17 heavy (non-hydrogen) atoms. The standard InChI is InChI=1S/C10H4Br2Cl2N2O/c11-5-1-7(14)8(2-6(5)13)17-10-3-9(12)15-4-16-10/h1-4H. The van der Waals surface area contributed by atoms with Crippen LogP contribution in [0, 0.1) is 0 Å². The summed E-state index contributed by atoms with van der Waals surface area (Å²) >= 11 is 18.5. The Morgan fingerprint density at radius 3 is 2.47 bits per heavy atom. The maximum atomic E-state index is 6.02. The zero-order valence-corrected chi connectivity index (χ0v) is 12.8. The highest BCUT2D eigenvalue weighted by atomic mass is 79.9. The Morgan fingerprint density at radius 2 is 1.76 bits per heavy atom. The molecule has 1 aromatic heterocycles. The minimum absolute atomic E-state index is 0.382. The molecule has 0 bridgehead atoms. The normalized spacial score (nSPS) is 10.4. The molecule has 0 aliphatic rings. The smallest absolute Gasteiger partial charge is 0.223 e. The van der Waals surface area contributed by atoms with E-state index in [0.29, 0.717) is 30.8 Å². The van der Waals surface area contributed by atoms with Gasteiger partial charge in [-0.1, -0.05) is 23.2 Å². The topological polar surface area (TPSA) is 35.0 Å². The molecule has 2 rings (SSSR count). The summed E-state index contributed by atoms with van der Waals surface area (Å²) in [7, 11) is 0. The lowest BCUT2D eigenvalue weighted by Gasteiger charge is -2.07. The minimum Gasteiger partial charge on any atom is -0.437 e. The fourth-order valence-corrected chi connectivity index (χ4v) is 2.19. The van der Waals surface area contributed by atoms with Crippen molar-refractivity contribution in [3.8, 4) is 11.6 Å². The summed E-state index contributed by atoms with van der Waals surface area (Å²) in [6.45, 7) is 0. The van der Waals surface area contributed by atoms with Gasteiger partial charge in [-0.2, -0.15) is 0 Å². The second-order valence-corrected chi connectivity index (χ2v) is 5.46. The van der Waals surface area contributed by atoms with Crippen molar-refractivity contribution in [1.82, 2.24) is 9.97 Å². The van der Waals surface area contributed by atoms with Gasteiger partial charge in [-0.25, -0.2) is 9.97 Å². The number of rotatable bonds is 2. The SMILES string of the molecule is Clc1cc(Oc2cc(Br)ncn2)c(Cl)cc1Br. The predicted octanol–water partition coefficient (Wildman–Crippen LogP) is 5.10. The van der Waals surface area contributed by atoms with E-state index in [4.69, 9.17) is 27.9 Å². The average Bonchev–Trinajstić information content (AvgIpc) is 2.26. The summed E-state index contributed by atoms with van der Waals surface area (Å²) in [5.41, 5.74) is 0. The summed E-state index contributed by atoms with van der Waals surface area (Å²) in [6, 6.07) is 4.91. The van der Waals surface area contributed by atoms with E-state index in [1.54, 1.807) is 18.2 Å². The van der Waals surface area contributed by atoms with Crippen molar-refractivity contribution in [2.24, 2.45) is 0 Å². The van der Waals surface area contributed by atoms with E-state index >= 15 is 0 Å². The molecule has 0 aliphatic carbocycles. The molecule has 2 aromatic rings. The lowest BCUT2D eigenvalue weighted by atomic mass is 10.3. The third-order valence-electron chi connectivity index (χ3n) is 1.80. The number of benzene rings is 1. The summed E-state index contributed by atoms with van der Waals surface area (Å²) in [5.74, 6) is 0.817. The summed E-state index contributed by atoms with van der Waals surface area (Å²) in [4.78, 5) is 7.85. The van der Waals surface area contributed by atoms with Gasteiger partial charge in [0.25, 0.3) is 0 Å². The minimum atomic E-state index is 0.382. The van der Waals surface area contributed by atoms with Crippen LogP contribution in [0.25, 0.3) is 0 Å². The van der Waals surface area contributed by atoms with Gasteiger partial charge in [0.15, 0.2) is 0 Å². The number of hydrogen-bond acceptors (Lipinski definition) is 3. The highest BCUT2D eigenvalue weighted by Crippen LogP contribution is 2.36. The zero-order valence-electron chi connectivity index (χ0n) is 8.12. The van der Waals surface area contributed by atoms with E-state index in [9.17, 15) is 0 Å². The Bertz CT molecular complexity index is 566. The Labute approximate surface area is 124 Å². The fourth-order valence-electron chi connectivity index (χ4n) is 1.07. The van der Waals surface area contributed by atoms with E-state index in [0.717, 1.165) is 0 Å². The molecule has 0 spiro atoms. The number of ether oxygens (including phenoxy) is 1. The van der Waals surface area contributed by atoms with Gasteiger partial charge in [0.05, 0.1) is 10.0 Å². The Morgan fingerprint density at radius 1 is 1.00 bits per heavy atom. The van der Waals surface area contributed by atoms with Crippen molar-refractivity contribution in [2.75, 3.05) is 0 Å². The largest absolute Gasteiger partial charge is 0.437 e. The molecule has 0 radical (unpaired) electrons. The third kappa shape index (κ3) is 3.31. The van der Waals surface area contributed by atoms with Crippen molar-refractivity contribution in [2.45, 2.75) is 0 Å². The molecule has 0 aliphatic heterocycles. The summed E-state index contributed by atoms with van der Waals surface area (Å²) < 4.78 is 6.84. The van der Waals surface area contributed by atoms with Crippen molar-refractivity contribution < 1.29 is 4.74 Å². The van der Waals surface area contributed by atoms with Crippen molar-refractivity contribution in [3.63, 3.8) is 0 Å². The fraction of sp³-hybridized carbons (Fsp3) is 0. The van der Waals surface area contributed by atoms with Crippen molar-refractivity contribution in [1.29, 1.82) is 0 Å².